The van der Waals surface area contributed by atoms with Crippen LogP contribution in [0.1, 0.15) is 12.0 Å². The molecule has 0 heterocycles. The molecule has 0 unspecified atom stereocenters. The maximum absolute atomic E-state index is 10.5. The average Bonchev–Trinajstić information content (AvgIpc) is 2.31. The third-order valence-corrected chi connectivity index (χ3v) is 1.82. The average molecular weight is 207 g/mol. The van der Waals surface area contributed by atoms with Gasteiger partial charge in [0.15, 0.2) is 0 Å². The van der Waals surface area contributed by atoms with Crippen LogP contribution in [0.25, 0.3) is 0 Å². The molecule has 80 valence electrons. The highest BCUT2D eigenvalue weighted by Crippen LogP contribution is 2.01. The highest BCUT2D eigenvalue weighted by atomic mass is 16.7. The third kappa shape index (κ3) is 4.37. The first kappa shape index (κ1) is 11.4. The molecule has 0 aromatic heterocycles. The Kier molecular flexibility index (Phi) is 5.11. The van der Waals surface area contributed by atoms with Gasteiger partial charge in [0.25, 0.3) is 0 Å². The van der Waals surface area contributed by atoms with Gasteiger partial charge in [-0.15, -0.1) is 0 Å². The van der Waals surface area contributed by atoms with Crippen molar-refractivity contribution in [1.29, 1.82) is 0 Å². The summed E-state index contributed by atoms with van der Waals surface area (Å²) in [5.74, 6) is 0. The molecule has 0 atom stereocenters. The van der Waals surface area contributed by atoms with Crippen LogP contribution in [0.15, 0.2) is 30.3 Å². The minimum absolute atomic E-state index is 0.285. The lowest BCUT2D eigenvalue weighted by Gasteiger charge is -2.15. The Morgan fingerprint density at radius 2 is 1.93 bits per heavy atom. The van der Waals surface area contributed by atoms with Crippen molar-refractivity contribution in [2.75, 3.05) is 6.54 Å². The molecule has 0 saturated carbocycles. The van der Waals surface area contributed by atoms with Gasteiger partial charge in [0.05, 0.1) is 6.54 Å². The highest BCUT2D eigenvalue weighted by Gasteiger charge is 2.01. The van der Waals surface area contributed by atoms with E-state index in [2.05, 4.69) is 0 Å². The molecule has 0 N–H and O–H groups in total. The van der Waals surface area contributed by atoms with Crippen LogP contribution in [0.2, 0.25) is 0 Å². The molecule has 4 heteroatoms. The van der Waals surface area contributed by atoms with Crippen LogP contribution in [0.5, 0.6) is 0 Å². The van der Waals surface area contributed by atoms with E-state index in [9.17, 15) is 9.59 Å². The second-order valence-corrected chi connectivity index (χ2v) is 2.96. The Hall–Kier alpha value is -1.68. The van der Waals surface area contributed by atoms with Crippen LogP contribution in [-0.4, -0.2) is 24.3 Å². The fourth-order valence-electron chi connectivity index (χ4n) is 1.06. The molecule has 0 spiro atoms. The lowest BCUT2D eigenvalue weighted by atomic mass is 10.2. The van der Waals surface area contributed by atoms with Gasteiger partial charge in [-0.1, -0.05) is 30.3 Å². The lowest BCUT2D eigenvalue weighted by molar-refractivity contribution is -0.177. The van der Waals surface area contributed by atoms with Gasteiger partial charge in [-0.2, -0.15) is 0 Å². The molecule has 1 rings (SSSR count). The second-order valence-electron chi connectivity index (χ2n) is 2.96. The van der Waals surface area contributed by atoms with Crippen LogP contribution < -0.4 is 0 Å². The zero-order chi connectivity index (χ0) is 10.9. The van der Waals surface area contributed by atoms with Gasteiger partial charge in [0, 0.05) is 6.42 Å². The minimum Gasteiger partial charge on any atom is -0.303 e. The summed E-state index contributed by atoms with van der Waals surface area (Å²) in [6, 6.07) is 9.52. The molecule has 0 aliphatic heterocycles. The number of hydrogen-bond donors (Lipinski definition) is 0. The number of hydroxylamine groups is 2. The number of rotatable bonds is 7. The monoisotopic (exact) mass is 207 g/mol. The molecule has 0 aliphatic rings. The van der Waals surface area contributed by atoms with Crippen molar-refractivity contribution < 1.29 is 14.4 Å². The Balaban J connectivity index is 2.34. The van der Waals surface area contributed by atoms with E-state index in [1.165, 1.54) is 0 Å². The van der Waals surface area contributed by atoms with Gasteiger partial charge < -0.3 is 4.79 Å². The van der Waals surface area contributed by atoms with Crippen molar-refractivity contribution in [2.24, 2.45) is 0 Å². The summed E-state index contributed by atoms with van der Waals surface area (Å²) in [6.45, 7) is 0.623. The summed E-state index contributed by atoms with van der Waals surface area (Å²) < 4.78 is 0. The Bertz CT molecular complexity index is 300. The highest BCUT2D eigenvalue weighted by molar-refractivity contribution is 5.51. The van der Waals surface area contributed by atoms with Crippen molar-refractivity contribution in [1.82, 2.24) is 5.06 Å². The standard InChI is InChI=1S/C11H13NO3/c13-8-4-7-12(10-14)15-9-11-5-2-1-3-6-11/h1-3,5-6,8,10H,4,7,9H2. The number of aldehydes is 1. The van der Waals surface area contributed by atoms with Crippen molar-refractivity contribution in [3.05, 3.63) is 35.9 Å². The van der Waals surface area contributed by atoms with Gasteiger partial charge in [0.2, 0.25) is 6.41 Å². The molecule has 0 radical (unpaired) electrons. The van der Waals surface area contributed by atoms with Crippen LogP contribution in [0, 0.1) is 0 Å². The number of amides is 1. The number of carbonyl (C=O) groups is 2. The number of carbonyl (C=O) groups excluding carboxylic acids is 2. The fourth-order valence-corrected chi connectivity index (χ4v) is 1.06. The predicted octanol–water partition coefficient (Wildman–Crippen LogP) is 1.17. The summed E-state index contributed by atoms with van der Waals surface area (Å²) in [5, 5.41) is 1.13. The van der Waals surface area contributed by atoms with Crippen molar-refractivity contribution in [3.63, 3.8) is 0 Å². The largest absolute Gasteiger partial charge is 0.303 e. The van der Waals surface area contributed by atoms with Crippen LogP contribution in [0.3, 0.4) is 0 Å². The van der Waals surface area contributed by atoms with E-state index < -0.39 is 0 Å². The molecule has 1 aromatic rings. The quantitative estimate of drug-likeness (QED) is 0.498. The van der Waals surface area contributed by atoms with E-state index in [0.717, 1.165) is 16.9 Å². The molecule has 0 bridgehead atoms. The van der Waals surface area contributed by atoms with Crippen molar-refractivity contribution in [2.45, 2.75) is 13.0 Å². The van der Waals surface area contributed by atoms with Gasteiger partial charge in [-0.05, 0) is 5.56 Å². The molecule has 0 saturated heterocycles. The van der Waals surface area contributed by atoms with Crippen LogP contribution in [-0.2, 0) is 21.0 Å². The zero-order valence-electron chi connectivity index (χ0n) is 8.33. The topological polar surface area (TPSA) is 46.6 Å². The summed E-state index contributed by atoms with van der Waals surface area (Å²) in [7, 11) is 0. The third-order valence-electron chi connectivity index (χ3n) is 1.82. The first-order valence-electron chi connectivity index (χ1n) is 4.69. The maximum atomic E-state index is 10.5. The first-order valence-corrected chi connectivity index (χ1v) is 4.69. The van der Waals surface area contributed by atoms with Gasteiger partial charge in [-0.3, -0.25) is 9.63 Å². The van der Waals surface area contributed by atoms with Gasteiger partial charge in [-0.25, -0.2) is 5.06 Å². The van der Waals surface area contributed by atoms with Gasteiger partial charge in [0.1, 0.15) is 12.9 Å². The summed E-state index contributed by atoms with van der Waals surface area (Å²) in [5.41, 5.74) is 0.982. The predicted molar refractivity (Wildman–Crippen MR) is 54.7 cm³/mol. The molecular formula is C11H13NO3. The number of hydrogen-bond acceptors (Lipinski definition) is 3. The van der Waals surface area contributed by atoms with Crippen LogP contribution in [0.4, 0.5) is 0 Å². The molecule has 15 heavy (non-hydrogen) atoms. The molecule has 1 aromatic carbocycles. The SMILES string of the molecule is O=CCCN(C=O)OCc1ccccc1. The lowest BCUT2D eigenvalue weighted by Crippen LogP contribution is -2.23. The Morgan fingerprint density at radius 3 is 2.53 bits per heavy atom. The summed E-state index contributed by atoms with van der Waals surface area (Å²) in [6.07, 6.45) is 1.61. The fraction of sp³-hybridized carbons (Fsp3) is 0.273. The van der Waals surface area contributed by atoms with Crippen LogP contribution >= 0.6 is 0 Å². The van der Waals surface area contributed by atoms with E-state index in [4.69, 9.17) is 4.84 Å². The zero-order valence-corrected chi connectivity index (χ0v) is 8.33. The van der Waals surface area contributed by atoms with E-state index in [0.29, 0.717) is 19.6 Å². The Morgan fingerprint density at radius 1 is 1.20 bits per heavy atom. The molecule has 0 aliphatic carbocycles. The smallest absolute Gasteiger partial charge is 0.233 e. The first-order chi connectivity index (χ1) is 7.36. The molecular weight excluding hydrogens is 194 g/mol. The van der Waals surface area contributed by atoms with E-state index in [1.54, 1.807) is 0 Å². The van der Waals surface area contributed by atoms with E-state index >= 15 is 0 Å². The minimum atomic E-state index is 0.285. The Labute approximate surface area is 88.4 Å². The van der Waals surface area contributed by atoms with E-state index in [-0.39, 0.29) is 6.42 Å². The summed E-state index contributed by atoms with van der Waals surface area (Å²) in [4.78, 5) is 25.8. The molecule has 0 fully saturated rings. The summed E-state index contributed by atoms with van der Waals surface area (Å²) >= 11 is 0. The van der Waals surface area contributed by atoms with Crippen molar-refractivity contribution in [3.8, 4) is 0 Å². The molecule has 1 amide bonds. The molecule has 4 nitrogen and oxygen atoms in total. The number of nitrogens with zero attached hydrogens (tertiary/aromatic N) is 1. The maximum Gasteiger partial charge on any atom is 0.233 e. The normalized spacial score (nSPS) is 9.60. The van der Waals surface area contributed by atoms with E-state index in [1.807, 2.05) is 30.3 Å². The van der Waals surface area contributed by atoms with Gasteiger partial charge >= 0.3 is 0 Å². The van der Waals surface area contributed by atoms with Crippen molar-refractivity contribution >= 4 is 12.7 Å². The number of benzene rings is 1. The second kappa shape index (κ2) is 6.73.